The molecule has 0 spiro atoms. The van der Waals surface area contributed by atoms with Crippen LogP contribution in [0, 0.1) is 11.3 Å². The zero-order chi connectivity index (χ0) is 10.3. The van der Waals surface area contributed by atoms with Crippen LogP contribution < -0.4 is 11.1 Å². The normalized spacial score (nSPS) is 22.4. The van der Waals surface area contributed by atoms with Gasteiger partial charge in [-0.1, -0.05) is 0 Å². The average molecular weight is 204 g/mol. The molecule has 2 saturated carbocycles. The Morgan fingerprint density at radius 2 is 2.27 bits per heavy atom. The molecule has 2 aliphatic rings. The van der Waals surface area contributed by atoms with E-state index in [9.17, 15) is 0 Å². The molecule has 0 radical (unpaired) electrons. The van der Waals surface area contributed by atoms with Crippen molar-refractivity contribution in [1.82, 2.24) is 9.97 Å². The van der Waals surface area contributed by atoms with E-state index >= 15 is 0 Å². The van der Waals surface area contributed by atoms with Gasteiger partial charge in [0.15, 0.2) is 0 Å². The van der Waals surface area contributed by atoms with Crippen molar-refractivity contribution in [2.45, 2.75) is 25.7 Å². The van der Waals surface area contributed by atoms with Crippen molar-refractivity contribution >= 4 is 11.8 Å². The van der Waals surface area contributed by atoms with E-state index in [1.165, 1.54) is 25.7 Å². The molecule has 1 aromatic heterocycles. The summed E-state index contributed by atoms with van der Waals surface area (Å²) in [5.41, 5.74) is 6.12. The van der Waals surface area contributed by atoms with Crippen LogP contribution >= 0.6 is 0 Å². The Morgan fingerprint density at radius 1 is 1.47 bits per heavy atom. The zero-order valence-corrected chi connectivity index (χ0v) is 8.74. The molecule has 3 N–H and O–H groups in total. The molecular formula is C11H16N4. The second kappa shape index (κ2) is 3.08. The van der Waals surface area contributed by atoms with Crippen molar-refractivity contribution in [2.24, 2.45) is 11.3 Å². The summed E-state index contributed by atoms with van der Waals surface area (Å²) in [6, 6.07) is 1.87. The number of anilines is 2. The topological polar surface area (TPSA) is 63.8 Å². The van der Waals surface area contributed by atoms with Gasteiger partial charge in [-0.3, -0.25) is 0 Å². The number of nitrogens with two attached hydrogens (primary N) is 1. The molecule has 0 atom stereocenters. The van der Waals surface area contributed by atoms with Crippen molar-refractivity contribution in [3.63, 3.8) is 0 Å². The molecule has 0 amide bonds. The number of nitrogen functional groups attached to an aromatic ring is 1. The van der Waals surface area contributed by atoms with Gasteiger partial charge in [0.25, 0.3) is 0 Å². The van der Waals surface area contributed by atoms with E-state index in [4.69, 9.17) is 5.73 Å². The highest BCUT2D eigenvalue weighted by Crippen LogP contribution is 2.61. The first-order chi connectivity index (χ1) is 7.28. The molecule has 0 saturated heterocycles. The SMILES string of the molecule is Nc1nccc(NCC2(C3CC3)CC2)n1. The van der Waals surface area contributed by atoms with Gasteiger partial charge in [-0.05, 0) is 43.1 Å². The van der Waals surface area contributed by atoms with E-state index in [1.54, 1.807) is 6.20 Å². The van der Waals surface area contributed by atoms with Gasteiger partial charge in [0.1, 0.15) is 5.82 Å². The third-order valence-electron chi connectivity index (χ3n) is 3.63. The van der Waals surface area contributed by atoms with E-state index in [2.05, 4.69) is 15.3 Å². The highest BCUT2D eigenvalue weighted by Gasteiger charge is 2.53. The van der Waals surface area contributed by atoms with E-state index in [1.807, 2.05) is 6.07 Å². The minimum Gasteiger partial charge on any atom is -0.369 e. The summed E-state index contributed by atoms with van der Waals surface area (Å²) in [6.45, 7) is 1.05. The van der Waals surface area contributed by atoms with E-state index in [-0.39, 0.29) is 0 Å². The first-order valence-corrected chi connectivity index (χ1v) is 5.61. The second-order valence-corrected chi connectivity index (χ2v) is 4.79. The molecule has 3 rings (SSSR count). The van der Waals surface area contributed by atoms with Crippen LogP contribution in [0.1, 0.15) is 25.7 Å². The fourth-order valence-electron chi connectivity index (χ4n) is 2.32. The summed E-state index contributed by atoms with van der Waals surface area (Å²) < 4.78 is 0. The molecule has 2 fully saturated rings. The molecule has 0 aromatic carbocycles. The molecule has 1 aromatic rings. The predicted octanol–water partition coefficient (Wildman–Crippen LogP) is 1.66. The Bertz CT molecular complexity index is 369. The standard InChI is InChI=1S/C11H16N4/c12-10-13-6-3-9(15-10)14-7-11(4-5-11)8-1-2-8/h3,6,8H,1-2,4-5,7H2,(H3,12,13,14,15). The van der Waals surface area contributed by atoms with Gasteiger partial charge in [0.2, 0.25) is 5.95 Å². The molecule has 0 unspecified atom stereocenters. The molecular weight excluding hydrogens is 188 g/mol. The summed E-state index contributed by atoms with van der Waals surface area (Å²) in [4.78, 5) is 8.01. The molecule has 1 heterocycles. The maximum absolute atomic E-state index is 5.52. The third kappa shape index (κ3) is 1.76. The number of aromatic nitrogens is 2. The molecule has 2 aliphatic carbocycles. The number of nitrogens with zero attached hydrogens (tertiary/aromatic N) is 2. The van der Waals surface area contributed by atoms with Crippen molar-refractivity contribution < 1.29 is 0 Å². The van der Waals surface area contributed by atoms with Crippen molar-refractivity contribution in [3.05, 3.63) is 12.3 Å². The van der Waals surface area contributed by atoms with Crippen LogP contribution in [-0.4, -0.2) is 16.5 Å². The largest absolute Gasteiger partial charge is 0.369 e. The number of hydrogen-bond acceptors (Lipinski definition) is 4. The van der Waals surface area contributed by atoms with Crippen LogP contribution in [0.3, 0.4) is 0 Å². The van der Waals surface area contributed by atoms with Crippen LogP contribution in [0.15, 0.2) is 12.3 Å². The van der Waals surface area contributed by atoms with Gasteiger partial charge < -0.3 is 11.1 Å². The number of hydrogen-bond donors (Lipinski definition) is 2. The maximum atomic E-state index is 5.52. The van der Waals surface area contributed by atoms with Gasteiger partial charge in [0.05, 0.1) is 0 Å². The quantitative estimate of drug-likeness (QED) is 0.783. The van der Waals surface area contributed by atoms with Gasteiger partial charge in [-0.2, -0.15) is 4.98 Å². The molecule has 4 heteroatoms. The average Bonchev–Trinajstić information content (AvgIpc) is 3.08. The summed E-state index contributed by atoms with van der Waals surface area (Å²) in [7, 11) is 0. The fraction of sp³-hybridized carbons (Fsp3) is 0.636. The molecule has 0 aliphatic heterocycles. The second-order valence-electron chi connectivity index (χ2n) is 4.79. The molecule has 80 valence electrons. The highest BCUT2D eigenvalue weighted by atomic mass is 15.1. The van der Waals surface area contributed by atoms with Crippen LogP contribution in [0.2, 0.25) is 0 Å². The van der Waals surface area contributed by atoms with Crippen molar-refractivity contribution in [1.29, 1.82) is 0 Å². The Kier molecular flexibility index (Phi) is 1.84. The lowest BCUT2D eigenvalue weighted by molar-refractivity contribution is 0.466. The van der Waals surface area contributed by atoms with E-state index in [0.717, 1.165) is 18.3 Å². The van der Waals surface area contributed by atoms with E-state index < -0.39 is 0 Å². The van der Waals surface area contributed by atoms with Gasteiger partial charge in [-0.25, -0.2) is 4.98 Å². The smallest absolute Gasteiger partial charge is 0.221 e. The lowest BCUT2D eigenvalue weighted by Crippen LogP contribution is -2.18. The van der Waals surface area contributed by atoms with Crippen LogP contribution in [0.5, 0.6) is 0 Å². The third-order valence-corrected chi connectivity index (χ3v) is 3.63. The Labute approximate surface area is 89.3 Å². The van der Waals surface area contributed by atoms with Crippen molar-refractivity contribution in [3.8, 4) is 0 Å². The zero-order valence-electron chi connectivity index (χ0n) is 8.74. The Hall–Kier alpha value is -1.32. The van der Waals surface area contributed by atoms with Crippen LogP contribution in [0.25, 0.3) is 0 Å². The van der Waals surface area contributed by atoms with Crippen molar-refractivity contribution in [2.75, 3.05) is 17.6 Å². The minimum atomic E-state index is 0.344. The Balaban J connectivity index is 1.61. The summed E-state index contributed by atoms with van der Waals surface area (Å²) in [5.74, 6) is 2.18. The molecule has 15 heavy (non-hydrogen) atoms. The van der Waals surface area contributed by atoms with Gasteiger partial charge >= 0.3 is 0 Å². The van der Waals surface area contributed by atoms with Crippen LogP contribution in [0.4, 0.5) is 11.8 Å². The lowest BCUT2D eigenvalue weighted by Gasteiger charge is -2.15. The maximum Gasteiger partial charge on any atom is 0.221 e. The summed E-state index contributed by atoms with van der Waals surface area (Å²) in [6.07, 6.45) is 7.30. The fourth-order valence-corrected chi connectivity index (χ4v) is 2.32. The monoisotopic (exact) mass is 204 g/mol. The van der Waals surface area contributed by atoms with Crippen LogP contribution in [-0.2, 0) is 0 Å². The molecule has 0 bridgehead atoms. The molecule has 4 nitrogen and oxygen atoms in total. The van der Waals surface area contributed by atoms with Gasteiger partial charge in [-0.15, -0.1) is 0 Å². The highest BCUT2D eigenvalue weighted by molar-refractivity contribution is 5.38. The number of rotatable bonds is 4. The van der Waals surface area contributed by atoms with Gasteiger partial charge in [0, 0.05) is 12.7 Å². The first kappa shape index (κ1) is 8.95. The predicted molar refractivity (Wildman–Crippen MR) is 59.3 cm³/mol. The number of nitrogens with one attached hydrogen (secondary N) is 1. The lowest BCUT2D eigenvalue weighted by atomic mass is 10.0. The summed E-state index contributed by atoms with van der Waals surface area (Å²) in [5, 5.41) is 3.38. The first-order valence-electron chi connectivity index (χ1n) is 5.61. The Morgan fingerprint density at radius 3 is 2.87 bits per heavy atom. The summed E-state index contributed by atoms with van der Waals surface area (Å²) >= 11 is 0. The van der Waals surface area contributed by atoms with E-state index in [0.29, 0.717) is 11.4 Å². The minimum absolute atomic E-state index is 0.344.